The van der Waals surface area contributed by atoms with Crippen LogP contribution in [0.4, 0.5) is 0 Å². The number of hydrogen-bond donors (Lipinski definition) is 1. The number of nitrogens with zero attached hydrogens (tertiary/aromatic N) is 1. The molecule has 0 aromatic heterocycles. The molecule has 1 N–H and O–H groups in total. The van der Waals surface area contributed by atoms with Crippen molar-refractivity contribution in [1.82, 2.24) is 10.2 Å². The van der Waals surface area contributed by atoms with Crippen molar-refractivity contribution in [3.05, 3.63) is 59.2 Å². The predicted octanol–water partition coefficient (Wildman–Crippen LogP) is 3.71. The van der Waals surface area contributed by atoms with Gasteiger partial charge in [0.2, 0.25) is 5.91 Å². The first-order valence-electron chi connectivity index (χ1n) is 10.6. The number of hydrogen-bond acceptors (Lipinski definition) is 4. The van der Waals surface area contributed by atoms with E-state index in [0.717, 1.165) is 35.6 Å². The maximum atomic E-state index is 13.0. The molecular formula is C24H28N2O4. The number of nitrogens with one attached hydrogen (secondary N) is 1. The van der Waals surface area contributed by atoms with Gasteiger partial charge in [-0.15, -0.1) is 0 Å². The summed E-state index contributed by atoms with van der Waals surface area (Å²) in [5.41, 5.74) is 2.56. The Morgan fingerprint density at radius 1 is 1.10 bits per heavy atom. The third-order valence-corrected chi connectivity index (χ3v) is 5.61. The van der Waals surface area contributed by atoms with E-state index in [4.69, 9.17) is 9.47 Å². The molecule has 2 amide bonds. The molecule has 6 heteroatoms. The van der Waals surface area contributed by atoms with Gasteiger partial charge < -0.3 is 19.7 Å². The lowest BCUT2D eigenvalue weighted by molar-refractivity contribution is -0.128. The highest BCUT2D eigenvalue weighted by molar-refractivity contribution is 5.94. The van der Waals surface area contributed by atoms with Crippen molar-refractivity contribution in [2.75, 3.05) is 19.8 Å². The topological polar surface area (TPSA) is 67.9 Å². The van der Waals surface area contributed by atoms with Gasteiger partial charge in [0.25, 0.3) is 5.91 Å². The highest BCUT2D eigenvalue weighted by atomic mass is 16.6. The Bertz CT molecular complexity index is 941. The summed E-state index contributed by atoms with van der Waals surface area (Å²) in [5.74, 6) is 1.71. The van der Waals surface area contributed by atoms with Crippen molar-refractivity contribution >= 4 is 11.8 Å². The van der Waals surface area contributed by atoms with Crippen LogP contribution in [-0.2, 0) is 11.3 Å². The minimum atomic E-state index is -0.155. The molecule has 1 unspecified atom stereocenters. The van der Waals surface area contributed by atoms with E-state index in [0.29, 0.717) is 31.7 Å². The second kappa shape index (κ2) is 8.78. The Morgan fingerprint density at radius 3 is 2.63 bits per heavy atom. The zero-order valence-electron chi connectivity index (χ0n) is 17.5. The Morgan fingerprint density at radius 2 is 1.90 bits per heavy atom. The van der Waals surface area contributed by atoms with E-state index in [2.05, 4.69) is 19.2 Å². The van der Waals surface area contributed by atoms with Gasteiger partial charge in [-0.2, -0.15) is 0 Å². The van der Waals surface area contributed by atoms with E-state index >= 15 is 0 Å². The highest BCUT2D eigenvalue weighted by Gasteiger charge is 2.23. The summed E-state index contributed by atoms with van der Waals surface area (Å²) in [5, 5.41) is 3.17. The van der Waals surface area contributed by atoms with Gasteiger partial charge in [0.1, 0.15) is 13.2 Å². The van der Waals surface area contributed by atoms with Crippen LogP contribution in [0.2, 0.25) is 0 Å². The van der Waals surface area contributed by atoms with Crippen molar-refractivity contribution < 1.29 is 19.1 Å². The molecule has 1 saturated heterocycles. The fourth-order valence-corrected chi connectivity index (χ4v) is 4.02. The molecule has 6 nitrogen and oxygen atoms in total. The zero-order valence-corrected chi connectivity index (χ0v) is 17.5. The van der Waals surface area contributed by atoms with Crippen molar-refractivity contribution in [3.63, 3.8) is 0 Å². The van der Waals surface area contributed by atoms with Gasteiger partial charge in [0, 0.05) is 25.1 Å². The van der Waals surface area contributed by atoms with E-state index in [1.165, 1.54) is 0 Å². The molecule has 30 heavy (non-hydrogen) atoms. The fraction of sp³-hybridized carbons (Fsp3) is 0.417. The average Bonchev–Trinajstić information content (AvgIpc) is 3.15. The molecule has 0 spiro atoms. The van der Waals surface area contributed by atoms with E-state index in [9.17, 15) is 9.59 Å². The van der Waals surface area contributed by atoms with E-state index in [1.54, 1.807) is 0 Å². The van der Waals surface area contributed by atoms with Crippen LogP contribution in [0.25, 0.3) is 0 Å². The number of likely N-dealkylation sites (tertiary alicyclic amines) is 1. The smallest absolute Gasteiger partial charge is 0.251 e. The first-order chi connectivity index (χ1) is 14.5. The van der Waals surface area contributed by atoms with Crippen LogP contribution in [0.15, 0.2) is 42.5 Å². The van der Waals surface area contributed by atoms with Crippen LogP contribution >= 0.6 is 0 Å². The molecular weight excluding hydrogens is 380 g/mol. The number of rotatable bonds is 6. The van der Waals surface area contributed by atoms with Crippen LogP contribution < -0.4 is 14.8 Å². The van der Waals surface area contributed by atoms with E-state index in [1.807, 2.05) is 47.4 Å². The van der Waals surface area contributed by atoms with Gasteiger partial charge in [-0.05, 0) is 47.7 Å². The van der Waals surface area contributed by atoms with E-state index < -0.39 is 0 Å². The molecule has 0 saturated carbocycles. The average molecular weight is 408 g/mol. The first kappa shape index (κ1) is 20.3. The molecule has 158 valence electrons. The van der Waals surface area contributed by atoms with Crippen LogP contribution in [0, 0.1) is 5.92 Å². The lowest BCUT2D eigenvalue weighted by Gasteiger charge is -2.25. The monoisotopic (exact) mass is 408 g/mol. The summed E-state index contributed by atoms with van der Waals surface area (Å²) < 4.78 is 11.3. The largest absolute Gasteiger partial charge is 0.486 e. The van der Waals surface area contributed by atoms with Gasteiger partial charge in [0.15, 0.2) is 11.5 Å². The Labute approximate surface area is 177 Å². The molecule has 1 atom stereocenters. The van der Waals surface area contributed by atoms with Crippen LogP contribution in [-0.4, -0.2) is 36.5 Å². The summed E-state index contributed by atoms with van der Waals surface area (Å²) in [4.78, 5) is 26.8. The molecule has 2 aromatic rings. The van der Waals surface area contributed by atoms with Gasteiger partial charge in [0.05, 0.1) is 6.04 Å². The molecule has 0 aliphatic carbocycles. The standard InChI is InChI=1S/C24H28N2O4/c1-16(2)23(18-8-9-20-21(14-18)30-12-11-29-20)25-24(28)19-6-3-5-17(13-19)15-26-10-4-7-22(26)27/h3,5-6,8-9,13-14,16,23H,4,7,10-12,15H2,1-2H3,(H,25,28). The molecule has 2 aliphatic heterocycles. The molecule has 0 bridgehead atoms. The number of benzene rings is 2. The summed E-state index contributed by atoms with van der Waals surface area (Å²) >= 11 is 0. The normalized spacial score (nSPS) is 16.6. The quantitative estimate of drug-likeness (QED) is 0.791. The van der Waals surface area contributed by atoms with Crippen LogP contribution in [0.3, 0.4) is 0 Å². The van der Waals surface area contributed by atoms with Crippen molar-refractivity contribution in [2.45, 2.75) is 39.3 Å². The summed E-state index contributed by atoms with van der Waals surface area (Å²) in [6.07, 6.45) is 1.52. The minimum Gasteiger partial charge on any atom is -0.486 e. The number of amides is 2. The Balaban J connectivity index is 1.49. The first-order valence-corrected chi connectivity index (χ1v) is 10.6. The lowest BCUT2D eigenvalue weighted by atomic mass is 9.95. The molecule has 4 rings (SSSR count). The van der Waals surface area contributed by atoms with Gasteiger partial charge >= 0.3 is 0 Å². The molecule has 1 fully saturated rings. The van der Waals surface area contributed by atoms with Crippen LogP contribution in [0.1, 0.15) is 54.2 Å². The third kappa shape index (κ3) is 4.42. The van der Waals surface area contributed by atoms with E-state index in [-0.39, 0.29) is 23.8 Å². The lowest BCUT2D eigenvalue weighted by Crippen LogP contribution is -2.32. The third-order valence-electron chi connectivity index (χ3n) is 5.61. The molecule has 0 radical (unpaired) electrons. The van der Waals surface area contributed by atoms with Crippen molar-refractivity contribution in [1.29, 1.82) is 0 Å². The number of ether oxygens (including phenoxy) is 2. The maximum absolute atomic E-state index is 13.0. The summed E-state index contributed by atoms with van der Waals surface area (Å²) in [7, 11) is 0. The Kier molecular flexibility index (Phi) is 5.93. The van der Waals surface area contributed by atoms with Gasteiger partial charge in [-0.25, -0.2) is 0 Å². The van der Waals surface area contributed by atoms with Gasteiger partial charge in [-0.1, -0.05) is 32.0 Å². The molecule has 2 heterocycles. The minimum absolute atomic E-state index is 0.127. The maximum Gasteiger partial charge on any atom is 0.251 e. The second-order valence-electron chi connectivity index (χ2n) is 8.22. The predicted molar refractivity (Wildman–Crippen MR) is 114 cm³/mol. The summed E-state index contributed by atoms with van der Waals surface area (Å²) in [6, 6.07) is 13.2. The Hall–Kier alpha value is -3.02. The van der Waals surface area contributed by atoms with Crippen molar-refractivity contribution in [3.8, 4) is 11.5 Å². The van der Waals surface area contributed by atoms with Crippen molar-refractivity contribution in [2.24, 2.45) is 5.92 Å². The summed E-state index contributed by atoms with van der Waals surface area (Å²) in [6.45, 7) is 6.58. The zero-order chi connectivity index (χ0) is 21.1. The van der Waals surface area contributed by atoms with Gasteiger partial charge in [-0.3, -0.25) is 9.59 Å². The molecule has 2 aromatic carbocycles. The number of carbonyl (C=O) groups excluding carboxylic acids is 2. The molecule has 2 aliphatic rings. The highest BCUT2D eigenvalue weighted by Crippen LogP contribution is 2.34. The SMILES string of the molecule is CC(C)C(NC(=O)c1cccc(CN2CCCC2=O)c1)c1ccc2c(c1)OCCO2. The second-order valence-corrected chi connectivity index (χ2v) is 8.22. The van der Waals surface area contributed by atoms with Crippen LogP contribution in [0.5, 0.6) is 11.5 Å². The number of fused-ring (bicyclic) bond motifs is 1. The fourth-order valence-electron chi connectivity index (χ4n) is 4.02. The number of carbonyl (C=O) groups is 2.